The number of hydrogen-bond donors (Lipinski definition) is 1. The van der Waals surface area contributed by atoms with Crippen LogP contribution in [0.3, 0.4) is 0 Å². The van der Waals surface area contributed by atoms with E-state index in [0.29, 0.717) is 32.5 Å². The Bertz CT molecular complexity index is 439. The predicted octanol–water partition coefficient (Wildman–Crippen LogP) is -0.278. The van der Waals surface area contributed by atoms with E-state index < -0.39 is 10.0 Å². The summed E-state index contributed by atoms with van der Waals surface area (Å²) in [6.45, 7) is 1.75. The summed E-state index contributed by atoms with van der Waals surface area (Å²) in [6.07, 6.45) is 2.66. The van der Waals surface area contributed by atoms with E-state index in [9.17, 15) is 13.2 Å². The fourth-order valence-electron chi connectivity index (χ4n) is 2.67. The van der Waals surface area contributed by atoms with Crippen molar-refractivity contribution in [1.29, 1.82) is 0 Å². The molecule has 0 aliphatic carbocycles. The van der Waals surface area contributed by atoms with Crippen LogP contribution in [0, 0.1) is 0 Å². The fraction of sp³-hybridized carbons (Fsp3) is 0.923. The number of amides is 1. The molecule has 1 amide bonds. The van der Waals surface area contributed by atoms with E-state index in [1.165, 1.54) is 11.4 Å². The van der Waals surface area contributed by atoms with Crippen molar-refractivity contribution in [2.45, 2.75) is 37.8 Å². The van der Waals surface area contributed by atoms with Gasteiger partial charge in [0, 0.05) is 32.8 Å². The third-order valence-electron chi connectivity index (χ3n) is 3.96. The number of nitrogens with zero attached hydrogens (tertiary/aromatic N) is 1. The van der Waals surface area contributed by atoms with E-state index in [2.05, 4.69) is 5.32 Å². The molecule has 7 nitrogen and oxygen atoms in total. The Balaban J connectivity index is 1.76. The Kier molecular flexibility index (Phi) is 5.98. The molecule has 1 atom stereocenters. The van der Waals surface area contributed by atoms with Gasteiger partial charge < -0.3 is 14.8 Å². The molecule has 2 fully saturated rings. The standard InChI is InChI=1S/C13H24N2O5S/c1-19-9-10-21(17,18)15-6-4-11(5-7-15)14-13(16)12-3-2-8-20-12/h11-12H,2-10H2,1H3,(H,14,16)/t12-/m0/s1. The third kappa shape index (κ3) is 4.64. The van der Waals surface area contributed by atoms with Gasteiger partial charge in [0.1, 0.15) is 6.10 Å². The van der Waals surface area contributed by atoms with Crippen LogP contribution in [0.25, 0.3) is 0 Å². The van der Waals surface area contributed by atoms with Gasteiger partial charge in [-0.25, -0.2) is 12.7 Å². The number of nitrogens with one attached hydrogen (secondary N) is 1. The molecule has 0 aromatic carbocycles. The van der Waals surface area contributed by atoms with Gasteiger partial charge >= 0.3 is 0 Å². The first-order chi connectivity index (χ1) is 10.0. The highest BCUT2D eigenvalue weighted by Gasteiger charge is 2.30. The molecular formula is C13H24N2O5S. The smallest absolute Gasteiger partial charge is 0.249 e. The van der Waals surface area contributed by atoms with Gasteiger partial charge in [0.2, 0.25) is 15.9 Å². The van der Waals surface area contributed by atoms with Crippen LogP contribution < -0.4 is 5.32 Å². The van der Waals surface area contributed by atoms with E-state index >= 15 is 0 Å². The third-order valence-corrected chi connectivity index (χ3v) is 5.80. The molecular weight excluding hydrogens is 296 g/mol. The van der Waals surface area contributed by atoms with Gasteiger partial charge in [-0.3, -0.25) is 4.79 Å². The summed E-state index contributed by atoms with van der Waals surface area (Å²) in [6, 6.07) is 0.0376. The largest absolute Gasteiger partial charge is 0.384 e. The molecule has 2 saturated heterocycles. The van der Waals surface area contributed by atoms with Crippen LogP contribution in [0.5, 0.6) is 0 Å². The number of methoxy groups -OCH3 is 1. The highest BCUT2D eigenvalue weighted by atomic mass is 32.2. The first-order valence-corrected chi connectivity index (χ1v) is 9.02. The van der Waals surface area contributed by atoms with Gasteiger partial charge in [-0.2, -0.15) is 0 Å². The number of piperidine rings is 1. The molecule has 2 rings (SSSR count). The molecule has 0 bridgehead atoms. The number of carbonyl (C=O) groups is 1. The van der Waals surface area contributed by atoms with Crippen LogP contribution in [0.4, 0.5) is 0 Å². The molecule has 0 unspecified atom stereocenters. The monoisotopic (exact) mass is 320 g/mol. The molecule has 0 saturated carbocycles. The lowest BCUT2D eigenvalue weighted by Gasteiger charge is -2.32. The van der Waals surface area contributed by atoms with Crippen molar-refractivity contribution >= 4 is 15.9 Å². The van der Waals surface area contributed by atoms with Crippen molar-refractivity contribution in [2.24, 2.45) is 0 Å². The normalized spacial score (nSPS) is 25.1. The van der Waals surface area contributed by atoms with E-state index in [0.717, 1.165) is 12.8 Å². The Morgan fingerprint density at radius 1 is 1.33 bits per heavy atom. The maximum absolute atomic E-state index is 12.0. The molecule has 0 aromatic heterocycles. The Morgan fingerprint density at radius 2 is 2.05 bits per heavy atom. The maximum atomic E-state index is 12.0. The number of rotatable bonds is 6. The zero-order valence-electron chi connectivity index (χ0n) is 12.4. The van der Waals surface area contributed by atoms with Crippen molar-refractivity contribution in [2.75, 3.05) is 39.2 Å². The lowest BCUT2D eigenvalue weighted by atomic mass is 10.1. The second-order valence-corrected chi connectivity index (χ2v) is 7.58. The second-order valence-electron chi connectivity index (χ2n) is 5.49. The van der Waals surface area contributed by atoms with Gasteiger partial charge in [0.15, 0.2) is 0 Å². The fourth-order valence-corrected chi connectivity index (χ4v) is 4.08. The van der Waals surface area contributed by atoms with E-state index in [-0.39, 0.29) is 30.4 Å². The Hall–Kier alpha value is -0.700. The van der Waals surface area contributed by atoms with Gasteiger partial charge in [-0.1, -0.05) is 0 Å². The highest BCUT2D eigenvalue weighted by Crippen LogP contribution is 2.17. The van der Waals surface area contributed by atoms with Gasteiger partial charge in [0.05, 0.1) is 12.4 Å². The maximum Gasteiger partial charge on any atom is 0.249 e. The summed E-state index contributed by atoms with van der Waals surface area (Å²) in [5.41, 5.74) is 0. The van der Waals surface area contributed by atoms with E-state index in [1.807, 2.05) is 0 Å². The van der Waals surface area contributed by atoms with Crippen LogP contribution in [0.2, 0.25) is 0 Å². The lowest BCUT2D eigenvalue weighted by Crippen LogP contribution is -2.49. The lowest BCUT2D eigenvalue weighted by molar-refractivity contribution is -0.131. The van der Waals surface area contributed by atoms with Crippen molar-refractivity contribution in [3.05, 3.63) is 0 Å². The zero-order valence-corrected chi connectivity index (χ0v) is 13.2. The van der Waals surface area contributed by atoms with Crippen LogP contribution >= 0.6 is 0 Å². The Morgan fingerprint density at radius 3 is 2.62 bits per heavy atom. The van der Waals surface area contributed by atoms with Gasteiger partial charge in [-0.05, 0) is 25.7 Å². The van der Waals surface area contributed by atoms with Crippen molar-refractivity contribution in [3.8, 4) is 0 Å². The predicted molar refractivity (Wildman–Crippen MR) is 77.4 cm³/mol. The summed E-state index contributed by atoms with van der Waals surface area (Å²) >= 11 is 0. The number of hydrogen-bond acceptors (Lipinski definition) is 5. The first-order valence-electron chi connectivity index (χ1n) is 7.41. The van der Waals surface area contributed by atoms with Crippen LogP contribution in [-0.2, 0) is 24.3 Å². The van der Waals surface area contributed by atoms with Gasteiger partial charge in [0.25, 0.3) is 0 Å². The van der Waals surface area contributed by atoms with Crippen LogP contribution in [0.1, 0.15) is 25.7 Å². The minimum atomic E-state index is -3.24. The van der Waals surface area contributed by atoms with E-state index in [1.54, 1.807) is 0 Å². The molecule has 0 aromatic rings. The van der Waals surface area contributed by atoms with Crippen LogP contribution in [-0.4, -0.2) is 69.9 Å². The minimum Gasteiger partial charge on any atom is -0.384 e. The van der Waals surface area contributed by atoms with Crippen LogP contribution in [0.15, 0.2) is 0 Å². The molecule has 2 aliphatic heterocycles. The topological polar surface area (TPSA) is 84.9 Å². The molecule has 2 heterocycles. The molecule has 2 aliphatic rings. The SMILES string of the molecule is COCCS(=O)(=O)N1CCC(NC(=O)[C@@H]2CCCO2)CC1. The van der Waals surface area contributed by atoms with Crippen molar-refractivity contribution < 1.29 is 22.7 Å². The number of ether oxygens (including phenoxy) is 2. The van der Waals surface area contributed by atoms with Crippen molar-refractivity contribution in [3.63, 3.8) is 0 Å². The second kappa shape index (κ2) is 7.53. The van der Waals surface area contributed by atoms with Crippen molar-refractivity contribution in [1.82, 2.24) is 9.62 Å². The molecule has 0 radical (unpaired) electrons. The zero-order chi connectivity index (χ0) is 15.3. The molecule has 122 valence electrons. The van der Waals surface area contributed by atoms with E-state index in [4.69, 9.17) is 9.47 Å². The van der Waals surface area contributed by atoms with Gasteiger partial charge in [-0.15, -0.1) is 0 Å². The Labute approximate surface area is 126 Å². The summed E-state index contributed by atoms with van der Waals surface area (Å²) in [5, 5.41) is 2.97. The number of sulfonamides is 1. The average Bonchev–Trinajstić information content (AvgIpc) is 3.00. The summed E-state index contributed by atoms with van der Waals surface area (Å²) < 4.78 is 35.7. The molecule has 1 N–H and O–H groups in total. The number of carbonyl (C=O) groups excluding carboxylic acids is 1. The quantitative estimate of drug-likeness (QED) is 0.728. The summed E-state index contributed by atoms with van der Waals surface area (Å²) in [4.78, 5) is 11.9. The molecule has 21 heavy (non-hydrogen) atoms. The average molecular weight is 320 g/mol. The first kappa shape index (κ1) is 16.7. The molecule has 8 heteroatoms. The molecule has 0 spiro atoms. The summed E-state index contributed by atoms with van der Waals surface area (Å²) in [7, 11) is -1.75. The summed E-state index contributed by atoms with van der Waals surface area (Å²) in [5.74, 6) is -0.0515. The minimum absolute atomic E-state index is 0.0104. The highest BCUT2D eigenvalue weighted by molar-refractivity contribution is 7.89.